The van der Waals surface area contributed by atoms with Gasteiger partial charge in [0.2, 0.25) is 0 Å². The summed E-state index contributed by atoms with van der Waals surface area (Å²) < 4.78 is 27.5. The Kier molecular flexibility index (Phi) is 4.28. The van der Waals surface area contributed by atoms with Crippen molar-refractivity contribution in [2.45, 2.75) is 6.92 Å². The van der Waals surface area contributed by atoms with Gasteiger partial charge in [0, 0.05) is 11.1 Å². The fraction of sp³-hybridized carbons (Fsp3) is 0.0667. The van der Waals surface area contributed by atoms with E-state index in [1.54, 1.807) is 12.1 Å². The molecular formula is C15H12F2N2OS. The Hall–Kier alpha value is -2.34. The lowest BCUT2D eigenvalue weighted by Gasteiger charge is -2.10. The number of amides is 1. The predicted molar refractivity (Wildman–Crippen MR) is 81.4 cm³/mol. The maximum absolute atomic E-state index is 13.9. The average Bonchev–Trinajstić information content (AvgIpc) is 2.47. The SMILES string of the molecule is Cc1ccc(F)c(NC(=O)c2cccc(C(N)=S)c2)c1F. The van der Waals surface area contributed by atoms with Crippen LogP contribution in [0.3, 0.4) is 0 Å². The second-order valence-electron chi connectivity index (χ2n) is 4.45. The van der Waals surface area contributed by atoms with Crippen LogP contribution in [0, 0.1) is 18.6 Å². The van der Waals surface area contributed by atoms with Gasteiger partial charge in [-0.1, -0.05) is 30.4 Å². The lowest BCUT2D eigenvalue weighted by atomic mass is 10.1. The van der Waals surface area contributed by atoms with Crippen LogP contribution in [0.1, 0.15) is 21.5 Å². The molecule has 0 fully saturated rings. The van der Waals surface area contributed by atoms with Crippen LogP contribution in [0.2, 0.25) is 0 Å². The van der Waals surface area contributed by atoms with Crippen LogP contribution in [0.15, 0.2) is 36.4 Å². The number of nitrogens with two attached hydrogens (primary N) is 1. The number of hydrogen-bond donors (Lipinski definition) is 2. The van der Waals surface area contributed by atoms with E-state index in [2.05, 4.69) is 5.32 Å². The summed E-state index contributed by atoms with van der Waals surface area (Å²) in [5.74, 6) is -2.28. The van der Waals surface area contributed by atoms with Crippen molar-refractivity contribution in [2.24, 2.45) is 5.73 Å². The third-order valence-electron chi connectivity index (χ3n) is 2.93. The van der Waals surface area contributed by atoms with Gasteiger partial charge >= 0.3 is 0 Å². The molecular weight excluding hydrogens is 294 g/mol. The second kappa shape index (κ2) is 5.97. The van der Waals surface area contributed by atoms with Gasteiger partial charge in [-0.3, -0.25) is 4.79 Å². The van der Waals surface area contributed by atoms with E-state index in [0.29, 0.717) is 5.56 Å². The first-order valence-electron chi connectivity index (χ1n) is 6.06. The minimum Gasteiger partial charge on any atom is -0.389 e. The molecule has 0 bridgehead atoms. The lowest BCUT2D eigenvalue weighted by molar-refractivity contribution is 0.102. The fourth-order valence-corrected chi connectivity index (χ4v) is 1.90. The Morgan fingerprint density at radius 2 is 1.86 bits per heavy atom. The van der Waals surface area contributed by atoms with Gasteiger partial charge in [-0.15, -0.1) is 0 Å². The van der Waals surface area contributed by atoms with Crippen LogP contribution in [0.4, 0.5) is 14.5 Å². The van der Waals surface area contributed by atoms with Crippen molar-refractivity contribution < 1.29 is 13.6 Å². The maximum atomic E-state index is 13.9. The summed E-state index contributed by atoms with van der Waals surface area (Å²) in [4.78, 5) is 12.2. The van der Waals surface area contributed by atoms with Gasteiger partial charge in [-0.25, -0.2) is 8.78 Å². The molecule has 3 N–H and O–H groups in total. The molecule has 6 heteroatoms. The number of carbonyl (C=O) groups is 1. The average molecular weight is 306 g/mol. The summed E-state index contributed by atoms with van der Waals surface area (Å²) in [6.07, 6.45) is 0. The Morgan fingerprint density at radius 3 is 2.52 bits per heavy atom. The molecule has 0 atom stereocenters. The zero-order valence-electron chi connectivity index (χ0n) is 11.1. The third-order valence-corrected chi connectivity index (χ3v) is 3.17. The molecule has 0 aliphatic heterocycles. The summed E-state index contributed by atoms with van der Waals surface area (Å²) in [5.41, 5.74) is 5.96. The number of carbonyl (C=O) groups excluding carboxylic acids is 1. The first-order chi connectivity index (χ1) is 9.90. The normalized spacial score (nSPS) is 10.2. The summed E-state index contributed by atoms with van der Waals surface area (Å²) in [6.45, 7) is 1.48. The van der Waals surface area contributed by atoms with Crippen LogP contribution >= 0.6 is 12.2 Å². The molecule has 2 aromatic rings. The number of thiocarbonyl (C=S) groups is 1. The van der Waals surface area contributed by atoms with Gasteiger partial charge in [0.1, 0.15) is 16.5 Å². The third kappa shape index (κ3) is 3.22. The highest BCUT2D eigenvalue weighted by molar-refractivity contribution is 7.80. The van der Waals surface area contributed by atoms with Gasteiger partial charge < -0.3 is 11.1 Å². The molecule has 0 spiro atoms. The lowest BCUT2D eigenvalue weighted by Crippen LogP contribution is -2.16. The van der Waals surface area contributed by atoms with Crippen LogP contribution in [-0.4, -0.2) is 10.9 Å². The number of anilines is 1. The molecule has 0 saturated carbocycles. The van der Waals surface area contributed by atoms with Crippen LogP contribution in [0.25, 0.3) is 0 Å². The quantitative estimate of drug-likeness (QED) is 0.857. The van der Waals surface area contributed by atoms with Gasteiger partial charge in [0.25, 0.3) is 5.91 Å². The molecule has 1 amide bonds. The van der Waals surface area contributed by atoms with Crippen LogP contribution < -0.4 is 11.1 Å². The van der Waals surface area contributed by atoms with Gasteiger partial charge in [-0.2, -0.15) is 0 Å². The molecule has 108 valence electrons. The Balaban J connectivity index is 2.33. The molecule has 0 aliphatic carbocycles. The molecule has 21 heavy (non-hydrogen) atoms. The van der Waals surface area contributed by atoms with Gasteiger partial charge in [-0.05, 0) is 30.7 Å². The Bertz CT molecular complexity index is 732. The van der Waals surface area contributed by atoms with E-state index in [1.807, 2.05) is 0 Å². The molecule has 3 nitrogen and oxygen atoms in total. The van der Waals surface area contributed by atoms with E-state index < -0.39 is 23.2 Å². The van der Waals surface area contributed by atoms with Crippen molar-refractivity contribution in [3.05, 3.63) is 64.7 Å². The molecule has 0 saturated heterocycles. The van der Waals surface area contributed by atoms with E-state index in [1.165, 1.54) is 25.1 Å². The predicted octanol–water partition coefficient (Wildman–Crippen LogP) is 3.16. The first kappa shape index (κ1) is 15.1. The van der Waals surface area contributed by atoms with Crippen molar-refractivity contribution in [3.8, 4) is 0 Å². The van der Waals surface area contributed by atoms with Crippen LogP contribution in [0.5, 0.6) is 0 Å². The summed E-state index contributed by atoms with van der Waals surface area (Å²) in [5, 5.41) is 2.23. The topological polar surface area (TPSA) is 55.1 Å². The van der Waals surface area contributed by atoms with Crippen molar-refractivity contribution in [1.82, 2.24) is 0 Å². The number of halogens is 2. The fourth-order valence-electron chi connectivity index (χ4n) is 1.77. The number of hydrogen-bond acceptors (Lipinski definition) is 2. The van der Waals surface area contributed by atoms with Crippen molar-refractivity contribution in [3.63, 3.8) is 0 Å². The number of rotatable bonds is 3. The minimum absolute atomic E-state index is 0.137. The number of benzene rings is 2. The summed E-state index contributed by atoms with van der Waals surface area (Å²) in [7, 11) is 0. The van der Waals surface area contributed by atoms with E-state index in [9.17, 15) is 13.6 Å². The molecule has 0 aliphatic rings. The van der Waals surface area contributed by atoms with E-state index in [0.717, 1.165) is 6.07 Å². The smallest absolute Gasteiger partial charge is 0.255 e. The van der Waals surface area contributed by atoms with E-state index in [4.69, 9.17) is 18.0 Å². The van der Waals surface area contributed by atoms with Crippen molar-refractivity contribution in [2.75, 3.05) is 5.32 Å². The molecule has 2 rings (SSSR count). The molecule has 2 aromatic carbocycles. The highest BCUT2D eigenvalue weighted by Crippen LogP contribution is 2.22. The minimum atomic E-state index is -0.836. The number of nitrogens with one attached hydrogen (secondary N) is 1. The Morgan fingerprint density at radius 1 is 1.19 bits per heavy atom. The first-order valence-corrected chi connectivity index (χ1v) is 6.47. The van der Waals surface area contributed by atoms with Crippen molar-refractivity contribution >= 4 is 28.8 Å². The molecule has 0 unspecified atom stereocenters. The highest BCUT2D eigenvalue weighted by Gasteiger charge is 2.15. The largest absolute Gasteiger partial charge is 0.389 e. The van der Waals surface area contributed by atoms with Gasteiger partial charge in [0.15, 0.2) is 5.82 Å². The highest BCUT2D eigenvalue weighted by atomic mass is 32.1. The monoisotopic (exact) mass is 306 g/mol. The zero-order chi connectivity index (χ0) is 15.6. The summed E-state index contributed by atoms with van der Waals surface area (Å²) >= 11 is 4.82. The maximum Gasteiger partial charge on any atom is 0.255 e. The molecule has 0 radical (unpaired) electrons. The van der Waals surface area contributed by atoms with Crippen LogP contribution in [-0.2, 0) is 0 Å². The standard InChI is InChI=1S/C15H12F2N2OS/c1-8-5-6-11(16)13(12(8)17)19-15(20)10-4-2-3-9(7-10)14(18)21/h2-7H,1H3,(H2,18,21)(H,19,20). The Labute approximate surface area is 125 Å². The second-order valence-corrected chi connectivity index (χ2v) is 4.89. The van der Waals surface area contributed by atoms with Gasteiger partial charge in [0.05, 0.1) is 0 Å². The molecule has 0 aromatic heterocycles. The van der Waals surface area contributed by atoms with E-state index >= 15 is 0 Å². The summed E-state index contributed by atoms with van der Waals surface area (Å²) in [6, 6.07) is 8.60. The number of aryl methyl sites for hydroxylation is 1. The van der Waals surface area contributed by atoms with E-state index in [-0.39, 0.29) is 16.1 Å². The van der Waals surface area contributed by atoms with Crippen molar-refractivity contribution in [1.29, 1.82) is 0 Å². The zero-order valence-corrected chi connectivity index (χ0v) is 11.9. The molecule has 0 heterocycles.